The van der Waals surface area contributed by atoms with Gasteiger partial charge in [0, 0.05) is 34.1 Å². The topological polar surface area (TPSA) is 107 Å². The molecule has 0 fully saturated rings. The highest BCUT2D eigenvalue weighted by Gasteiger charge is 2.28. The number of hydrogen-bond acceptors (Lipinski definition) is 9. The Morgan fingerprint density at radius 2 is 1.77 bits per heavy atom. The fourth-order valence-corrected chi connectivity index (χ4v) is 5.68. The third kappa shape index (κ3) is 6.55. The lowest BCUT2D eigenvalue weighted by Crippen LogP contribution is -2.46. The zero-order valence-corrected chi connectivity index (χ0v) is 23.3. The predicted molar refractivity (Wildman–Crippen MR) is 151 cm³/mol. The Morgan fingerprint density at radius 1 is 1.03 bits per heavy atom. The third-order valence-corrected chi connectivity index (χ3v) is 7.69. The van der Waals surface area contributed by atoms with E-state index in [-0.39, 0.29) is 30.9 Å². The average molecular weight is 562 g/mol. The van der Waals surface area contributed by atoms with Crippen LogP contribution in [0.4, 0.5) is 5.69 Å². The first-order valence-electron chi connectivity index (χ1n) is 12.3. The van der Waals surface area contributed by atoms with Crippen molar-refractivity contribution < 1.29 is 19.1 Å². The summed E-state index contributed by atoms with van der Waals surface area (Å²) in [6.45, 7) is 5.83. The van der Waals surface area contributed by atoms with E-state index in [0.29, 0.717) is 22.3 Å². The molecule has 2 aromatic heterocycles. The first-order chi connectivity index (χ1) is 18.9. The van der Waals surface area contributed by atoms with Gasteiger partial charge < -0.3 is 19.7 Å². The van der Waals surface area contributed by atoms with Crippen molar-refractivity contribution in [2.45, 2.75) is 38.5 Å². The molecule has 9 nitrogen and oxygen atoms in total. The van der Waals surface area contributed by atoms with Crippen LogP contribution in [0, 0.1) is 13.8 Å². The molecule has 1 atom stereocenters. The largest absolute Gasteiger partial charge is 0.454 e. The minimum absolute atomic E-state index is 0.0848. The second-order valence-electron chi connectivity index (χ2n) is 8.97. The zero-order chi connectivity index (χ0) is 27.4. The normalized spacial score (nSPS) is 12.7. The lowest BCUT2D eigenvalue weighted by atomic mass is 10.2. The average Bonchev–Trinajstić information content (AvgIpc) is 3.59. The van der Waals surface area contributed by atoms with Gasteiger partial charge in [0.15, 0.2) is 16.7 Å². The fraction of sp³-hybridized carbons (Fsp3) is 0.250. The summed E-state index contributed by atoms with van der Waals surface area (Å²) in [4.78, 5) is 42.0. The Hall–Kier alpha value is -3.96. The van der Waals surface area contributed by atoms with Crippen LogP contribution in [0.25, 0.3) is 11.3 Å². The van der Waals surface area contributed by atoms with Gasteiger partial charge in [0.1, 0.15) is 11.0 Å². The number of nitrogens with zero attached hydrogens (tertiary/aromatic N) is 4. The molecule has 2 amide bonds. The zero-order valence-electron chi connectivity index (χ0n) is 21.7. The van der Waals surface area contributed by atoms with Gasteiger partial charge in [-0.05, 0) is 39.0 Å². The number of fused-ring (bicyclic) bond motifs is 1. The number of amides is 2. The van der Waals surface area contributed by atoms with Crippen molar-refractivity contribution >= 4 is 40.6 Å². The molecule has 1 unspecified atom stereocenters. The van der Waals surface area contributed by atoms with Gasteiger partial charge in [-0.25, -0.2) is 15.0 Å². The summed E-state index contributed by atoms with van der Waals surface area (Å²) in [5.74, 6) is 0.736. The van der Waals surface area contributed by atoms with Gasteiger partial charge >= 0.3 is 0 Å². The highest BCUT2D eigenvalue weighted by Crippen LogP contribution is 2.34. The van der Waals surface area contributed by atoms with Crippen LogP contribution < -0.4 is 14.8 Å². The van der Waals surface area contributed by atoms with Crippen LogP contribution in [0.1, 0.15) is 23.3 Å². The van der Waals surface area contributed by atoms with Crippen molar-refractivity contribution in [3.05, 3.63) is 76.4 Å². The van der Waals surface area contributed by atoms with Crippen molar-refractivity contribution in [3.63, 3.8) is 0 Å². The molecule has 11 heteroatoms. The maximum Gasteiger partial charge on any atom is 0.246 e. The van der Waals surface area contributed by atoms with E-state index in [1.165, 1.54) is 23.1 Å². The van der Waals surface area contributed by atoms with Crippen molar-refractivity contribution in [2.24, 2.45) is 0 Å². The van der Waals surface area contributed by atoms with E-state index in [0.717, 1.165) is 27.7 Å². The van der Waals surface area contributed by atoms with Gasteiger partial charge in [0.25, 0.3) is 0 Å². The van der Waals surface area contributed by atoms with E-state index in [1.54, 1.807) is 30.0 Å². The Morgan fingerprint density at radius 3 is 2.54 bits per heavy atom. The van der Waals surface area contributed by atoms with Gasteiger partial charge in [-0.3, -0.25) is 9.59 Å². The summed E-state index contributed by atoms with van der Waals surface area (Å²) in [5, 5.41) is 6.12. The molecule has 1 N–H and O–H groups in total. The van der Waals surface area contributed by atoms with Crippen LogP contribution in [-0.4, -0.2) is 50.3 Å². The van der Waals surface area contributed by atoms with E-state index in [9.17, 15) is 9.59 Å². The first kappa shape index (κ1) is 26.6. The summed E-state index contributed by atoms with van der Waals surface area (Å²) in [7, 11) is 0. The highest BCUT2D eigenvalue weighted by molar-refractivity contribution is 7.99. The van der Waals surface area contributed by atoms with Crippen LogP contribution in [-0.2, 0) is 16.1 Å². The van der Waals surface area contributed by atoms with Crippen molar-refractivity contribution in [3.8, 4) is 22.8 Å². The van der Waals surface area contributed by atoms with Gasteiger partial charge in [-0.2, -0.15) is 0 Å². The number of ether oxygens (including phenoxy) is 2. The number of carbonyl (C=O) groups is 2. The monoisotopic (exact) mass is 561 g/mol. The number of aryl methyl sites for hydroxylation is 2. The summed E-state index contributed by atoms with van der Waals surface area (Å²) in [6, 6.07) is 16.2. The summed E-state index contributed by atoms with van der Waals surface area (Å²) >= 11 is 2.71. The van der Waals surface area contributed by atoms with Gasteiger partial charge in [0.2, 0.25) is 18.6 Å². The lowest BCUT2D eigenvalue weighted by Gasteiger charge is -2.27. The second kappa shape index (κ2) is 11.8. The van der Waals surface area contributed by atoms with E-state index in [4.69, 9.17) is 14.5 Å². The van der Waals surface area contributed by atoms with Crippen molar-refractivity contribution in [1.82, 2.24) is 19.9 Å². The fourth-order valence-electron chi connectivity index (χ4n) is 4.04. The first-order valence-corrected chi connectivity index (χ1v) is 14.2. The standard InChI is InChI=1S/C28H27N5O4S2/c1-17-11-18(2)30-28(29-17)39-15-26(34)33(13-25-32-22(14-38-25)20-7-5-4-6-8-20)19(3)27(35)31-21-9-10-23-24(12-21)37-16-36-23/h4-12,14,19H,13,15-16H2,1-3H3,(H,31,35). The molecule has 0 bridgehead atoms. The molecule has 0 saturated carbocycles. The number of aromatic nitrogens is 3. The van der Waals surface area contributed by atoms with Gasteiger partial charge in [-0.15, -0.1) is 11.3 Å². The lowest BCUT2D eigenvalue weighted by molar-refractivity contribution is -0.136. The van der Waals surface area contributed by atoms with Crippen LogP contribution in [0.2, 0.25) is 0 Å². The Kier molecular flexibility index (Phi) is 8.08. The number of benzene rings is 2. The van der Waals surface area contributed by atoms with Crippen LogP contribution in [0.3, 0.4) is 0 Å². The van der Waals surface area contributed by atoms with E-state index in [2.05, 4.69) is 15.3 Å². The van der Waals surface area contributed by atoms with Gasteiger partial charge in [0.05, 0.1) is 18.0 Å². The van der Waals surface area contributed by atoms with Gasteiger partial charge in [-0.1, -0.05) is 42.1 Å². The Bertz CT molecular complexity index is 1470. The molecule has 0 aliphatic carbocycles. The number of hydrogen-bond donors (Lipinski definition) is 1. The molecule has 2 aromatic carbocycles. The highest BCUT2D eigenvalue weighted by atomic mass is 32.2. The van der Waals surface area contributed by atoms with Crippen LogP contribution in [0.15, 0.2) is 65.1 Å². The maximum absolute atomic E-state index is 13.5. The SMILES string of the molecule is Cc1cc(C)nc(SCC(=O)N(Cc2nc(-c3ccccc3)cs2)C(C)C(=O)Nc2ccc3c(c2)OCO3)n1. The molecule has 39 heavy (non-hydrogen) atoms. The van der Waals surface area contributed by atoms with Crippen molar-refractivity contribution in [1.29, 1.82) is 0 Å². The van der Waals surface area contributed by atoms with Crippen LogP contribution >= 0.6 is 23.1 Å². The molecule has 0 saturated heterocycles. The summed E-state index contributed by atoms with van der Waals surface area (Å²) in [6.07, 6.45) is 0. The molecular weight excluding hydrogens is 534 g/mol. The molecule has 0 spiro atoms. The second-order valence-corrected chi connectivity index (χ2v) is 10.9. The molecule has 0 radical (unpaired) electrons. The molecule has 5 rings (SSSR count). The maximum atomic E-state index is 13.5. The quantitative estimate of drug-likeness (QED) is 0.222. The molecule has 200 valence electrons. The predicted octanol–water partition coefficient (Wildman–Crippen LogP) is 5.09. The molecule has 3 heterocycles. The Balaban J connectivity index is 1.34. The number of anilines is 1. The number of carbonyl (C=O) groups excluding carboxylic acids is 2. The summed E-state index contributed by atoms with van der Waals surface area (Å²) < 4.78 is 10.8. The molecule has 1 aliphatic heterocycles. The Labute approximate surface area is 234 Å². The minimum atomic E-state index is -0.771. The number of thioether (sulfide) groups is 1. The number of rotatable bonds is 9. The van der Waals surface area contributed by atoms with E-state index < -0.39 is 6.04 Å². The third-order valence-electron chi connectivity index (χ3n) is 6.02. The van der Waals surface area contributed by atoms with E-state index in [1.807, 2.05) is 55.6 Å². The number of thiazole rings is 1. The minimum Gasteiger partial charge on any atom is -0.454 e. The molecule has 1 aliphatic rings. The van der Waals surface area contributed by atoms with E-state index >= 15 is 0 Å². The molecular formula is C28H27N5O4S2. The molecule has 4 aromatic rings. The van der Waals surface area contributed by atoms with Crippen molar-refractivity contribution in [2.75, 3.05) is 17.9 Å². The summed E-state index contributed by atoms with van der Waals surface area (Å²) in [5.41, 5.74) is 4.05. The smallest absolute Gasteiger partial charge is 0.246 e. The number of nitrogens with one attached hydrogen (secondary N) is 1. The van der Waals surface area contributed by atoms with Crippen LogP contribution in [0.5, 0.6) is 11.5 Å².